The van der Waals surface area contributed by atoms with Crippen molar-refractivity contribution in [3.8, 4) is 0 Å². The lowest BCUT2D eigenvalue weighted by Crippen LogP contribution is -2.02. The summed E-state index contributed by atoms with van der Waals surface area (Å²) in [6, 6.07) is 4.77. The molecule has 12 heavy (non-hydrogen) atoms. The topological polar surface area (TPSA) is 26.0 Å². The van der Waals surface area contributed by atoms with Gasteiger partial charge in [-0.25, -0.2) is 4.39 Å². The van der Waals surface area contributed by atoms with Crippen molar-refractivity contribution in [2.24, 2.45) is 5.73 Å². The van der Waals surface area contributed by atoms with Crippen LogP contribution in [0.5, 0.6) is 0 Å². The van der Waals surface area contributed by atoms with Gasteiger partial charge in [0.2, 0.25) is 0 Å². The molecule has 0 radical (unpaired) electrons. The first-order valence-corrected chi connectivity index (χ1v) is 3.87. The lowest BCUT2D eigenvalue weighted by Gasteiger charge is -2.04. The molecule has 2 N–H and O–H groups in total. The molecule has 0 spiro atoms. The van der Waals surface area contributed by atoms with E-state index >= 15 is 0 Å². The van der Waals surface area contributed by atoms with E-state index in [1.54, 1.807) is 12.1 Å². The minimum Gasteiger partial charge on any atom is -0.326 e. The lowest BCUT2D eigenvalue weighted by atomic mass is 10.1. The SMILES string of the molecule is C=C(CN)c1cccc(Cl)c1F. The van der Waals surface area contributed by atoms with E-state index in [9.17, 15) is 4.39 Å². The molecule has 1 aromatic rings. The minimum absolute atomic E-state index is 0.0992. The molecule has 1 aromatic carbocycles. The Hall–Kier alpha value is -0.860. The van der Waals surface area contributed by atoms with Crippen molar-refractivity contribution in [3.63, 3.8) is 0 Å². The molecule has 0 aliphatic heterocycles. The summed E-state index contributed by atoms with van der Waals surface area (Å²) in [6.07, 6.45) is 0. The van der Waals surface area contributed by atoms with Crippen LogP contribution in [-0.2, 0) is 0 Å². The van der Waals surface area contributed by atoms with E-state index < -0.39 is 5.82 Å². The maximum atomic E-state index is 13.2. The van der Waals surface area contributed by atoms with E-state index in [0.717, 1.165) is 0 Å². The fraction of sp³-hybridized carbons (Fsp3) is 0.111. The summed E-state index contributed by atoms with van der Waals surface area (Å²) in [5, 5.41) is 0.0992. The quantitative estimate of drug-likeness (QED) is 0.753. The number of hydrogen-bond donors (Lipinski definition) is 1. The first kappa shape index (κ1) is 9.23. The second kappa shape index (κ2) is 3.70. The van der Waals surface area contributed by atoms with E-state index in [0.29, 0.717) is 11.1 Å². The number of nitrogens with two attached hydrogens (primary N) is 1. The van der Waals surface area contributed by atoms with Crippen LogP contribution in [0.3, 0.4) is 0 Å². The maximum Gasteiger partial charge on any atom is 0.149 e. The summed E-state index contributed by atoms with van der Waals surface area (Å²) >= 11 is 5.56. The van der Waals surface area contributed by atoms with Gasteiger partial charge in [-0.2, -0.15) is 0 Å². The zero-order chi connectivity index (χ0) is 9.14. The molecule has 0 aliphatic rings. The standard InChI is InChI=1S/C9H9ClFN/c1-6(5-12)7-3-2-4-8(10)9(7)11/h2-4H,1,5,12H2. The van der Waals surface area contributed by atoms with Crippen molar-refractivity contribution < 1.29 is 4.39 Å². The molecule has 0 heterocycles. The molecule has 0 bridgehead atoms. The zero-order valence-corrected chi connectivity index (χ0v) is 7.24. The molecule has 0 aromatic heterocycles. The molecule has 0 unspecified atom stereocenters. The monoisotopic (exact) mass is 185 g/mol. The molecule has 0 atom stereocenters. The summed E-state index contributed by atoms with van der Waals surface area (Å²) in [6.45, 7) is 3.86. The van der Waals surface area contributed by atoms with Gasteiger partial charge in [-0.15, -0.1) is 0 Å². The molecule has 0 saturated heterocycles. The molecular formula is C9H9ClFN. The molecular weight excluding hydrogens is 177 g/mol. The Balaban J connectivity index is 3.16. The summed E-state index contributed by atoms with van der Waals surface area (Å²) in [5.74, 6) is -0.449. The highest BCUT2D eigenvalue weighted by atomic mass is 35.5. The van der Waals surface area contributed by atoms with Crippen LogP contribution in [-0.4, -0.2) is 6.54 Å². The second-order valence-electron chi connectivity index (χ2n) is 2.41. The third kappa shape index (κ3) is 1.65. The Morgan fingerprint density at radius 2 is 2.25 bits per heavy atom. The number of hydrogen-bond acceptors (Lipinski definition) is 1. The Kier molecular flexibility index (Phi) is 2.84. The van der Waals surface area contributed by atoms with Gasteiger partial charge in [0.15, 0.2) is 0 Å². The largest absolute Gasteiger partial charge is 0.326 e. The fourth-order valence-electron chi connectivity index (χ4n) is 0.887. The average molecular weight is 186 g/mol. The van der Waals surface area contributed by atoms with Crippen molar-refractivity contribution >= 4 is 17.2 Å². The maximum absolute atomic E-state index is 13.2. The van der Waals surface area contributed by atoms with Crippen molar-refractivity contribution in [2.45, 2.75) is 0 Å². The number of benzene rings is 1. The van der Waals surface area contributed by atoms with E-state index in [-0.39, 0.29) is 11.6 Å². The van der Waals surface area contributed by atoms with Crippen LogP contribution in [0.1, 0.15) is 5.56 Å². The third-order valence-electron chi connectivity index (χ3n) is 1.58. The minimum atomic E-state index is -0.449. The normalized spacial score (nSPS) is 9.92. The van der Waals surface area contributed by atoms with Crippen LogP contribution in [0, 0.1) is 5.82 Å². The van der Waals surface area contributed by atoms with Gasteiger partial charge in [-0.3, -0.25) is 0 Å². The van der Waals surface area contributed by atoms with Crippen LogP contribution in [0.15, 0.2) is 24.8 Å². The molecule has 0 fully saturated rings. The summed E-state index contributed by atoms with van der Waals surface area (Å²) in [7, 11) is 0. The molecule has 1 nitrogen and oxygen atoms in total. The third-order valence-corrected chi connectivity index (χ3v) is 1.87. The van der Waals surface area contributed by atoms with Gasteiger partial charge in [-0.05, 0) is 11.6 Å². The molecule has 0 aliphatic carbocycles. The fourth-order valence-corrected chi connectivity index (χ4v) is 1.06. The van der Waals surface area contributed by atoms with E-state index in [1.807, 2.05) is 0 Å². The van der Waals surface area contributed by atoms with E-state index in [1.165, 1.54) is 6.07 Å². The van der Waals surface area contributed by atoms with Gasteiger partial charge in [0.1, 0.15) is 5.82 Å². The van der Waals surface area contributed by atoms with Gasteiger partial charge < -0.3 is 5.73 Å². The lowest BCUT2D eigenvalue weighted by molar-refractivity contribution is 0.624. The zero-order valence-electron chi connectivity index (χ0n) is 6.48. The molecule has 3 heteroatoms. The Morgan fingerprint density at radius 3 is 2.83 bits per heavy atom. The predicted octanol–water partition coefficient (Wildman–Crippen LogP) is 2.45. The summed E-state index contributed by atoms with van der Waals surface area (Å²) in [4.78, 5) is 0. The highest BCUT2D eigenvalue weighted by molar-refractivity contribution is 6.30. The Morgan fingerprint density at radius 1 is 1.58 bits per heavy atom. The van der Waals surface area contributed by atoms with Crippen molar-refractivity contribution in [1.82, 2.24) is 0 Å². The van der Waals surface area contributed by atoms with Crippen LogP contribution in [0.2, 0.25) is 5.02 Å². The highest BCUT2D eigenvalue weighted by Crippen LogP contribution is 2.22. The summed E-state index contributed by atoms with van der Waals surface area (Å²) in [5.41, 5.74) is 6.26. The molecule has 0 saturated carbocycles. The second-order valence-corrected chi connectivity index (χ2v) is 2.82. The highest BCUT2D eigenvalue weighted by Gasteiger charge is 2.07. The van der Waals surface area contributed by atoms with E-state index in [2.05, 4.69) is 6.58 Å². The predicted molar refractivity (Wildman–Crippen MR) is 49.5 cm³/mol. The van der Waals surface area contributed by atoms with E-state index in [4.69, 9.17) is 17.3 Å². The van der Waals surface area contributed by atoms with Crippen molar-refractivity contribution in [3.05, 3.63) is 41.2 Å². The molecule has 64 valence electrons. The summed E-state index contributed by atoms with van der Waals surface area (Å²) < 4.78 is 13.2. The Bertz CT molecular complexity index is 309. The molecule has 1 rings (SSSR count). The van der Waals surface area contributed by atoms with Crippen LogP contribution < -0.4 is 5.73 Å². The van der Waals surface area contributed by atoms with Gasteiger partial charge in [0, 0.05) is 12.1 Å². The Labute approximate surface area is 75.6 Å². The first-order chi connectivity index (χ1) is 5.66. The average Bonchev–Trinajstić information content (AvgIpc) is 2.08. The first-order valence-electron chi connectivity index (χ1n) is 3.49. The molecule has 0 amide bonds. The van der Waals surface area contributed by atoms with Crippen molar-refractivity contribution in [1.29, 1.82) is 0 Å². The van der Waals surface area contributed by atoms with Crippen LogP contribution >= 0.6 is 11.6 Å². The van der Waals surface area contributed by atoms with Crippen molar-refractivity contribution in [2.75, 3.05) is 6.54 Å². The number of halogens is 2. The van der Waals surface area contributed by atoms with Gasteiger partial charge in [0.25, 0.3) is 0 Å². The van der Waals surface area contributed by atoms with Gasteiger partial charge in [-0.1, -0.05) is 30.3 Å². The smallest absolute Gasteiger partial charge is 0.149 e. The number of rotatable bonds is 2. The van der Waals surface area contributed by atoms with Gasteiger partial charge in [0.05, 0.1) is 5.02 Å². The van der Waals surface area contributed by atoms with Crippen LogP contribution in [0.25, 0.3) is 5.57 Å². The van der Waals surface area contributed by atoms with Crippen LogP contribution in [0.4, 0.5) is 4.39 Å². The van der Waals surface area contributed by atoms with Gasteiger partial charge >= 0.3 is 0 Å².